The van der Waals surface area contributed by atoms with Crippen LogP contribution >= 0.6 is 0 Å². The Morgan fingerprint density at radius 3 is 2.29 bits per heavy atom. The summed E-state index contributed by atoms with van der Waals surface area (Å²) in [6.45, 7) is 5.86. The molecular weight excluding hydrogens is 270 g/mol. The molecule has 0 saturated carbocycles. The Labute approximate surface area is 127 Å². The van der Waals surface area contributed by atoms with Crippen LogP contribution in [0.15, 0.2) is 12.7 Å². The fraction of sp³-hybridized carbons (Fsp3) is 0.750. The van der Waals surface area contributed by atoms with Crippen molar-refractivity contribution in [3.63, 3.8) is 0 Å². The Hall–Kier alpha value is -1.36. The first-order valence-corrected chi connectivity index (χ1v) is 7.66. The number of amides is 1. The number of hydroxylamine groups is 2. The van der Waals surface area contributed by atoms with Crippen molar-refractivity contribution in [2.24, 2.45) is 11.8 Å². The Bertz CT molecular complexity index is 330. The molecule has 5 nitrogen and oxygen atoms in total. The minimum atomic E-state index is -1.13. The zero-order chi connectivity index (χ0) is 16.3. The maximum atomic E-state index is 12.1. The van der Waals surface area contributed by atoms with Crippen molar-refractivity contribution in [3.05, 3.63) is 12.7 Å². The largest absolute Gasteiger partial charge is 0.481 e. The SMILES string of the molecule is C=C[C@@H](CCCCCCCC)[C@@H](C(=O)O)C(=O)N(C)OC. The highest BCUT2D eigenvalue weighted by Gasteiger charge is 2.35. The smallest absolute Gasteiger partial charge is 0.316 e. The van der Waals surface area contributed by atoms with Gasteiger partial charge in [0, 0.05) is 7.05 Å². The number of nitrogens with zero attached hydrogens (tertiary/aromatic N) is 1. The lowest BCUT2D eigenvalue weighted by Crippen LogP contribution is -2.40. The van der Waals surface area contributed by atoms with Gasteiger partial charge in [0.25, 0.3) is 5.91 Å². The summed E-state index contributed by atoms with van der Waals surface area (Å²) in [6.07, 6.45) is 9.01. The highest BCUT2D eigenvalue weighted by atomic mass is 16.7. The topological polar surface area (TPSA) is 66.8 Å². The molecule has 0 aliphatic heterocycles. The molecule has 0 rings (SSSR count). The van der Waals surface area contributed by atoms with E-state index < -0.39 is 17.8 Å². The predicted molar refractivity (Wildman–Crippen MR) is 82.6 cm³/mol. The summed E-state index contributed by atoms with van der Waals surface area (Å²) in [7, 11) is 2.76. The van der Waals surface area contributed by atoms with Gasteiger partial charge in [0.1, 0.15) is 5.92 Å². The van der Waals surface area contributed by atoms with Crippen LogP contribution in [0.4, 0.5) is 0 Å². The third-order valence-corrected chi connectivity index (χ3v) is 3.74. The molecule has 0 fully saturated rings. The molecule has 1 amide bonds. The molecule has 2 atom stereocenters. The Morgan fingerprint density at radius 1 is 1.24 bits per heavy atom. The third kappa shape index (κ3) is 7.27. The first kappa shape index (κ1) is 19.6. The molecular formula is C16H29NO4. The van der Waals surface area contributed by atoms with Crippen molar-refractivity contribution in [3.8, 4) is 0 Å². The van der Waals surface area contributed by atoms with E-state index in [9.17, 15) is 14.7 Å². The molecule has 0 radical (unpaired) electrons. The molecule has 0 aliphatic carbocycles. The average molecular weight is 299 g/mol. The maximum Gasteiger partial charge on any atom is 0.316 e. The fourth-order valence-corrected chi connectivity index (χ4v) is 2.34. The minimum Gasteiger partial charge on any atom is -0.481 e. The lowest BCUT2D eigenvalue weighted by Gasteiger charge is -2.24. The number of carbonyl (C=O) groups is 2. The molecule has 0 spiro atoms. The number of aliphatic carboxylic acids is 1. The molecule has 122 valence electrons. The number of hydrogen-bond donors (Lipinski definition) is 1. The van der Waals surface area contributed by atoms with Crippen LogP contribution in [0, 0.1) is 11.8 Å². The van der Waals surface area contributed by atoms with Crippen LogP contribution in [0.5, 0.6) is 0 Å². The number of hydrogen-bond acceptors (Lipinski definition) is 3. The van der Waals surface area contributed by atoms with Crippen molar-refractivity contribution >= 4 is 11.9 Å². The summed E-state index contributed by atoms with van der Waals surface area (Å²) in [5.41, 5.74) is 0. The molecule has 0 saturated heterocycles. The molecule has 21 heavy (non-hydrogen) atoms. The standard InChI is InChI=1S/C16H29NO4/c1-5-7-8-9-10-11-12-13(6-2)14(16(19)20)15(18)17(3)21-4/h6,13-14H,2,5,7-12H2,1,3-4H3,(H,19,20)/t13-,14+/m0/s1. The van der Waals surface area contributed by atoms with Gasteiger partial charge in [-0.3, -0.25) is 14.4 Å². The van der Waals surface area contributed by atoms with Crippen LogP contribution in [-0.4, -0.2) is 36.2 Å². The van der Waals surface area contributed by atoms with Gasteiger partial charge in [0.15, 0.2) is 0 Å². The zero-order valence-corrected chi connectivity index (χ0v) is 13.5. The number of carbonyl (C=O) groups excluding carboxylic acids is 1. The Kier molecular flexibility index (Phi) is 10.6. The van der Waals surface area contributed by atoms with E-state index in [1.165, 1.54) is 33.4 Å². The van der Waals surface area contributed by atoms with Crippen LogP contribution in [-0.2, 0) is 14.4 Å². The maximum absolute atomic E-state index is 12.1. The second-order valence-corrected chi connectivity index (χ2v) is 5.29. The van der Waals surface area contributed by atoms with Crippen LogP contribution in [0.1, 0.15) is 51.9 Å². The van der Waals surface area contributed by atoms with Gasteiger partial charge >= 0.3 is 5.97 Å². The second kappa shape index (κ2) is 11.3. The van der Waals surface area contributed by atoms with E-state index in [-0.39, 0.29) is 5.92 Å². The molecule has 0 bridgehead atoms. The van der Waals surface area contributed by atoms with Gasteiger partial charge < -0.3 is 5.11 Å². The van der Waals surface area contributed by atoms with Gasteiger partial charge in [0.05, 0.1) is 7.11 Å². The van der Waals surface area contributed by atoms with Gasteiger partial charge in [-0.2, -0.15) is 0 Å². The van der Waals surface area contributed by atoms with Crippen molar-refractivity contribution < 1.29 is 19.5 Å². The second-order valence-electron chi connectivity index (χ2n) is 5.29. The molecule has 0 aromatic carbocycles. The number of carboxylic acids is 1. The van der Waals surface area contributed by atoms with Crippen molar-refractivity contribution in [1.82, 2.24) is 5.06 Å². The molecule has 0 aliphatic rings. The summed E-state index contributed by atoms with van der Waals surface area (Å²) in [5.74, 6) is -3.15. The summed E-state index contributed by atoms with van der Waals surface area (Å²) < 4.78 is 0. The van der Waals surface area contributed by atoms with E-state index >= 15 is 0 Å². The summed E-state index contributed by atoms with van der Waals surface area (Å²) in [4.78, 5) is 28.2. The Balaban J connectivity index is 4.46. The van der Waals surface area contributed by atoms with Crippen molar-refractivity contribution in [2.45, 2.75) is 51.9 Å². The van der Waals surface area contributed by atoms with Crippen LogP contribution in [0.25, 0.3) is 0 Å². The van der Waals surface area contributed by atoms with E-state index in [0.717, 1.165) is 24.3 Å². The molecule has 0 aromatic heterocycles. The van der Waals surface area contributed by atoms with Gasteiger partial charge in [0.2, 0.25) is 0 Å². The molecule has 0 heterocycles. The van der Waals surface area contributed by atoms with Gasteiger partial charge in [-0.1, -0.05) is 51.5 Å². The number of rotatable bonds is 12. The van der Waals surface area contributed by atoms with E-state index in [1.54, 1.807) is 6.08 Å². The monoisotopic (exact) mass is 299 g/mol. The normalized spacial score (nSPS) is 13.5. The fourth-order valence-electron chi connectivity index (χ4n) is 2.34. The Morgan fingerprint density at radius 2 is 1.81 bits per heavy atom. The van der Waals surface area contributed by atoms with Crippen LogP contribution in [0.2, 0.25) is 0 Å². The van der Waals surface area contributed by atoms with Gasteiger partial charge in [-0.05, 0) is 12.3 Å². The highest BCUT2D eigenvalue weighted by molar-refractivity contribution is 5.97. The van der Waals surface area contributed by atoms with Gasteiger partial charge in [-0.15, -0.1) is 6.58 Å². The van der Waals surface area contributed by atoms with E-state index in [4.69, 9.17) is 4.84 Å². The highest BCUT2D eigenvalue weighted by Crippen LogP contribution is 2.23. The van der Waals surface area contributed by atoms with E-state index in [0.29, 0.717) is 6.42 Å². The summed E-state index contributed by atoms with van der Waals surface area (Å²) in [6, 6.07) is 0. The summed E-state index contributed by atoms with van der Waals surface area (Å²) >= 11 is 0. The van der Waals surface area contributed by atoms with E-state index in [2.05, 4.69) is 13.5 Å². The van der Waals surface area contributed by atoms with Crippen LogP contribution < -0.4 is 0 Å². The van der Waals surface area contributed by atoms with Crippen molar-refractivity contribution in [1.29, 1.82) is 0 Å². The molecule has 1 N–H and O–H groups in total. The first-order valence-electron chi connectivity index (χ1n) is 7.66. The zero-order valence-electron chi connectivity index (χ0n) is 13.5. The summed E-state index contributed by atoms with van der Waals surface area (Å²) in [5, 5.41) is 10.3. The molecule has 0 unspecified atom stereocenters. The lowest BCUT2D eigenvalue weighted by molar-refractivity contribution is -0.179. The van der Waals surface area contributed by atoms with Crippen LogP contribution in [0.3, 0.4) is 0 Å². The van der Waals surface area contributed by atoms with Gasteiger partial charge in [-0.25, -0.2) is 5.06 Å². The average Bonchev–Trinajstić information content (AvgIpc) is 2.47. The predicted octanol–water partition coefficient (Wildman–Crippen LogP) is 3.26. The quantitative estimate of drug-likeness (QED) is 0.260. The number of allylic oxidation sites excluding steroid dienone is 1. The molecule has 5 heteroatoms. The van der Waals surface area contributed by atoms with E-state index in [1.807, 2.05) is 0 Å². The first-order chi connectivity index (χ1) is 9.99. The lowest BCUT2D eigenvalue weighted by atomic mass is 9.86. The van der Waals surface area contributed by atoms with Crippen molar-refractivity contribution in [2.75, 3.05) is 14.2 Å². The minimum absolute atomic E-state index is 0.362. The number of carboxylic acid groups (broad SMARTS) is 1. The third-order valence-electron chi connectivity index (χ3n) is 3.74. The number of unbranched alkanes of at least 4 members (excludes halogenated alkanes) is 5. The molecule has 0 aromatic rings.